The van der Waals surface area contributed by atoms with E-state index in [-0.39, 0.29) is 12.5 Å². The first kappa shape index (κ1) is 30.7. The normalized spacial score (nSPS) is 12.7. The molecule has 0 aromatic carbocycles. The minimum absolute atomic E-state index is 0.139. The van der Waals surface area contributed by atoms with Gasteiger partial charge in [-0.15, -0.1) is 6.58 Å². The largest absolute Gasteiger partial charge is 0.393 e. The Hall–Kier alpha value is -1.50. The van der Waals surface area contributed by atoms with Crippen molar-refractivity contribution in [2.45, 2.75) is 110 Å². The molecule has 3 N–H and O–H groups in total. The summed E-state index contributed by atoms with van der Waals surface area (Å²) in [7, 11) is 0. The van der Waals surface area contributed by atoms with E-state index >= 15 is 0 Å². The SMILES string of the molecule is C=CC.CCCCCC[C@@H](O)C/C=C\CCCCCCCC(=O)OC(=O)C(O)CO. The number of aliphatic hydroxyl groups excluding tert-OH is 3. The molecule has 0 heterocycles. The van der Waals surface area contributed by atoms with Gasteiger partial charge in [-0.2, -0.15) is 0 Å². The van der Waals surface area contributed by atoms with Gasteiger partial charge in [0, 0.05) is 6.42 Å². The molecule has 6 heteroatoms. The number of aliphatic hydroxyl groups is 3. The third-order valence-corrected chi connectivity index (χ3v) is 4.38. The van der Waals surface area contributed by atoms with Crippen LogP contribution in [0.2, 0.25) is 0 Å². The average Bonchev–Trinajstić information content (AvgIpc) is 2.72. The fraction of sp³-hybridized carbons (Fsp3) is 0.750. The summed E-state index contributed by atoms with van der Waals surface area (Å²) in [4.78, 5) is 22.5. The van der Waals surface area contributed by atoms with Crippen LogP contribution in [0.3, 0.4) is 0 Å². The molecular weight excluding hydrogens is 384 g/mol. The maximum Gasteiger partial charge on any atom is 0.345 e. The molecule has 6 nitrogen and oxygen atoms in total. The number of hydrogen-bond acceptors (Lipinski definition) is 6. The summed E-state index contributed by atoms with van der Waals surface area (Å²) in [6.45, 7) is 6.68. The maximum atomic E-state index is 11.4. The summed E-state index contributed by atoms with van der Waals surface area (Å²) in [5.74, 6) is -1.76. The second-order valence-electron chi connectivity index (χ2n) is 7.42. The molecule has 0 amide bonds. The second kappa shape index (κ2) is 23.8. The van der Waals surface area contributed by atoms with E-state index < -0.39 is 24.6 Å². The highest BCUT2D eigenvalue weighted by atomic mass is 16.6. The van der Waals surface area contributed by atoms with Crippen LogP contribution in [0, 0.1) is 0 Å². The Morgan fingerprint density at radius 3 is 2.20 bits per heavy atom. The third-order valence-electron chi connectivity index (χ3n) is 4.38. The van der Waals surface area contributed by atoms with Crippen LogP contribution < -0.4 is 0 Å². The van der Waals surface area contributed by atoms with E-state index in [9.17, 15) is 14.7 Å². The first-order valence-electron chi connectivity index (χ1n) is 11.4. The van der Waals surface area contributed by atoms with Crippen molar-refractivity contribution in [2.75, 3.05) is 6.61 Å². The highest BCUT2D eigenvalue weighted by Crippen LogP contribution is 2.11. The Kier molecular flexibility index (Phi) is 24.3. The van der Waals surface area contributed by atoms with Gasteiger partial charge in [0.2, 0.25) is 0 Å². The van der Waals surface area contributed by atoms with Crippen molar-refractivity contribution in [3.05, 3.63) is 24.8 Å². The van der Waals surface area contributed by atoms with Crippen molar-refractivity contribution in [1.82, 2.24) is 0 Å². The summed E-state index contributed by atoms with van der Waals surface area (Å²) in [5.41, 5.74) is 0. The molecule has 0 saturated carbocycles. The molecule has 1 unspecified atom stereocenters. The predicted octanol–water partition coefficient (Wildman–Crippen LogP) is 4.61. The molecule has 0 aliphatic carbocycles. The smallest absolute Gasteiger partial charge is 0.345 e. The molecule has 0 aromatic heterocycles. The van der Waals surface area contributed by atoms with Gasteiger partial charge in [0.05, 0.1) is 12.7 Å². The van der Waals surface area contributed by atoms with Gasteiger partial charge in [-0.3, -0.25) is 4.79 Å². The van der Waals surface area contributed by atoms with Crippen molar-refractivity contribution in [1.29, 1.82) is 0 Å². The third kappa shape index (κ3) is 22.8. The highest BCUT2D eigenvalue weighted by molar-refractivity contribution is 5.87. The highest BCUT2D eigenvalue weighted by Gasteiger charge is 2.18. The fourth-order valence-corrected chi connectivity index (χ4v) is 2.66. The Balaban J connectivity index is 0. The molecule has 0 rings (SSSR count). The number of unbranched alkanes of at least 4 members (excludes halogenated alkanes) is 8. The van der Waals surface area contributed by atoms with Crippen LogP contribution in [0.4, 0.5) is 0 Å². The predicted molar refractivity (Wildman–Crippen MR) is 121 cm³/mol. The number of rotatable bonds is 17. The standard InChI is InChI=1S/C21H38O6.C3H6/c1-2-3-4-11-14-18(23)15-12-9-7-5-6-8-10-13-16-20(25)27-21(26)19(24)17-22;1-3-2/h9,12,18-19,22-24H,2-8,10-11,13-17H2,1H3;3H,1H2,2H3/b12-9-;/t18-,19?;/m1./s1. The van der Waals surface area contributed by atoms with E-state index in [0.29, 0.717) is 6.42 Å². The summed E-state index contributed by atoms with van der Waals surface area (Å²) in [6.07, 6.45) is 16.3. The molecule has 0 fully saturated rings. The summed E-state index contributed by atoms with van der Waals surface area (Å²) in [6, 6.07) is 0. The van der Waals surface area contributed by atoms with E-state index in [1.54, 1.807) is 6.08 Å². The van der Waals surface area contributed by atoms with Gasteiger partial charge in [-0.1, -0.05) is 70.1 Å². The first-order chi connectivity index (χ1) is 14.4. The van der Waals surface area contributed by atoms with E-state index in [0.717, 1.165) is 51.4 Å². The van der Waals surface area contributed by atoms with E-state index in [2.05, 4.69) is 30.4 Å². The zero-order valence-electron chi connectivity index (χ0n) is 19.1. The molecule has 0 aliphatic heterocycles. The van der Waals surface area contributed by atoms with Crippen molar-refractivity contribution in [2.24, 2.45) is 0 Å². The van der Waals surface area contributed by atoms with Crippen LogP contribution in [0.25, 0.3) is 0 Å². The van der Waals surface area contributed by atoms with E-state index in [1.807, 2.05) is 6.92 Å². The molecule has 30 heavy (non-hydrogen) atoms. The van der Waals surface area contributed by atoms with Crippen LogP contribution in [-0.2, 0) is 14.3 Å². The summed E-state index contributed by atoms with van der Waals surface area (Å²) >= 11 is 0. The van der Waals surface area contributed by atoms with Crippen LogP contribution in [0.5, 0.6) is 0 Å². The Labute approximate surface area is 183 Å². The number of allylic oxidation sites excluding steroid dienone is 2. The molecule has 0 spiro atoms. The summed E-state index contributed by atoms with van der Waals surface area (Å²) in [5, 5.41) is 27.4. The van der Waals surface area contributed by atoms with Crippen LogP contribution in [0.15, 0.2) is 24.8 Å². The minimum atomic E-state index is -1.65. The lowest BCUT2D eigenvalue weighted by Gasteiger charge is -2.07. The minimum Gasteiger partial charge on any atom is -0.393 e. The van der Waals surface area contributed by atoms with Gasteiger partial charge in [0.25, 0.3) is 0 Å². The van der Waals surface area contributed by atoms with E-state index in [4.69, 9.17) is 10.2 Å². The van der Waals surface area contributed by atoms with Crippen LogP contribution in [-0.4, -0.2) is 46.1 Å². The van der Waals surface area contributed by atoms with Crippen LogP contribution in [0.1, 0.15) is 97.3 Å². The van der Waals surface area contributed by atoms with Gasteiger partial charge < -0.3 is 20.1 Å². The quantitative estimate of drug-likeness (QED) is 0.135. The topological polar surface area (TPSA) is 104 Å². The zero-order valence-corrected chi connectivity index (χ0v) is 19.1. The monoisotopic (exact) mass is 428 g/mol. The van der Waals surface area contributed by atoms with Gasteiger partial charge in [0.1, 0.15) is 0 Å². The number of hydrogen-bond donors (Lipinski definition) is 3. The lowest BCUT2D eigenvalue weighted by Crippen LogP contribution is -2.28. The van der Waals surface area contributed by atoms with Gasteiger partial charge in [-0.25, -0.2) is 4.79 Å². The molecule has 0 aliphatic rings. The number of carbonyl (C=O) groups excluding carboxylic acids is 2. The Morgan fingerprint density at radius 2 is 1.57 bits per heavy atom. The van der Waals surface area contributed by atoms with Gasteiger partial charge >= 0.3 is 11.9 Å². The van der Waals surface area contributed by atoms with E-state index in [1.165, 1.54) is 19.3 Å². The average molecular weight is 429 g/mol. The van der Waals surface area contributed by atoms with Gasteiger partial charge in [0.15, 0.2) is 6.10 Å². The number of esters is 2. The van der Waals surface area contributed by atoms with Crippen molar-refractivity contribution < 1.29 is 29.6 Å². The number of carbonyl (C=O) groups is 2. The van der Waals surface area contributed by atoms with Crippen molar-refractivity contribution >= 4 is 11.9 Å². The summed E-state index contributed by atoms with van der Waals surface area (Å²) < 4.78 is 4.41. The van der Waals surface area contributed by atoms with Crippen molar-refractivity contribution in [3.8, 4) is 0 Å². The first-order valence-corrected chi connectivity index (χ1v) is 11.4. The molecule has 0 bridgehead atoms. The zero-order chi connectivity index (χ0) is 23.0. The Bertz CT molecular complexity index is 447. The van der Waals surface area contributed by atoms with Crippen LogP contribution >= 0.6 is 0 Å². The lowest BCUT2D eigenvalue weighted by atomic mass is 10.1. The molecule has 0 radical (unpaired) electrons. The second-order valence-corrected chi connectivity index (χ2v) is 7.42. The Morgan fingerprint density at radius 1 is 0.967 bits per heavy atom. The molecule has 0 aromatic rings. The molecular formula is C24H44O6. The number of ether oxygens (including phenoxy) is 1. The molecule has 176 valence electrons. The fourth-order valence-electron chi connectivity index (χ4n) is 2.66. The van der Waals surface area contributed by atoms with Crippen molar-refractivity contribution in [3.63, 3.8) is 0 Å². The maximum absolute atomic E-state index is 11.4. The molecule has 2 atom stereocenters. The van der Waals surface area contributed by atoms with Gasteiger partial charge in [-0.05, 0) is 39.0 Å². The lowest BCUT2D eigenvalue weighted by molar-refractivity contribution is -0.167. The molecule has 0 saturated heterocycles.